The highest BCUT2D eigenvalue weighted by Crippen LogP contribution is 2.22. The fourth-order valence-electron chi connectivity index (χ4n) is 3.38. The summed E-state index contributed by atoms with van der Waals surface area (Å²) in [5, 5.41) is 9.48. The number of aromatic nitrogens is 1. The fourth-order valence-corrected chi connectivity index (χ4v) is 3.38. The molecule has 7 nitrogen and oxygen atoms in total. The molecule has 3 rings (SSSR count). The lowest BCUT2D eigenvalue weighted by Crippen LogP contribution is -2.48. The predicted molar refractivity (Wildman–Crippen MR) is 100 cm³/mol. The Morgan fingerprint density at radius 2 is 1.74 bits per heavy atom. The van der Waals surface area contributed by atoms with Crippen LogP contribution in [-0.4, -0.2) is 44.9 Å². The highest BCUT2D eigenvalue weighted by molar-refractivity contribution is 5.80. The van der Waals surface area contributed by atoms with Crippen molar-refractivity contribution in [2.24, 2.45) is 11.7 Å². The van der Waals surface area contributed by atoms with Crippen molar-refractivity contribution in [2.45, 2.75) is 25.9 Å². The molecular weight excluding hydrogens is 344 g/mol. The standard InChI is InChI=1S/C20H24N4O3/c21-20(27)23-11-1-2-17(14-23)19(26)24(13-16-7-9-22-10-8-16)12-15-3-5-18(25)6-4-15/h3-10,17,25H,1-2,11-14H2,(H2,21,27). The molecule has 1 aromatic carbocycles. The summed E-state index contributed by atoms with van der Waals surface area (Å²) in [5.41, 5.74) is 7.31. The van der Waals surface area contributed by atoms with E-state index < -0.39 is 6.03 Å². The van der Waals surface area contributed by atoms with E-state index in [-0.39, 0.29) is 17.6 Å². The molecule has 1 aliphatic heterocycles. The molecule has 0 aliphatic carbocycles. The molecule has 0 bridgehead atoms. The molecule has 1 aliphatic rings. The molecule has 142 valence electrons. The first-order valence-electron chi connectivity index (χ1n) is 9.03. The van der Waals surface area contributed by atoms with Crippen LogP contribution in [0.5, 0.6) is 5.75 Å². The third-order valence-electron chi connectivity index (χ3n) is 4.83. The van der Waals surface area contributed by atoms with Gasteiger partial charge in [-0.05, 0) is 48.2 Å². The van der Waals surface area contributed by atoms with Gasteiger partial charge in [0.2, 0.25) is 5.91 Å². The molecule has 1 atom stereocenters. The molecule has 2 aromatic rings. The van der Waals surface area contributed by atoms with E-state index in [1.54, 1.807) is 41.6 Å². The Balaban J connectivity index is 1.78. The summed E-state index contributed by atoms with van der Waals surface area (Å²) in [6, 6.07) is 10.1. The number of nitrogens with zero attached hydrogens (tertiary/aromatic N) is 3. The van der Waals surface area contributed by atoms with Crippen LogP contribution in [0.1, 0.15) is 24.0 Å². The van der Waals surface area contributed by atoms with Crippen LogP contribution >= 0.6 is 0 Å². The van der Waals surface area contributed by atoms with Crippen molar-refractivity contribution in [3.05, 3.63) is 59.9 Å². The van der Waals surface area contributed by atoms with E-state index in [2.05, 4.69) is 4.98 Å². The molecule has 0 spiro atoms. The number of hydrogen-bond acceptors (Lipinski definition) is 4. The Bertz CT molecular complexity index is 780. The van der Waals surface area contributed by atoms with Crippen molar-refractivity contribution in [1.29, 1.82) is 0 Å². The quantitative estimate of drug-likeness (QED) is 0.844. The number of nitrogens with two attached hydrogens (primary N) is 1. The average Bonchev–Trinajstić information content (AvgIpc) is 2.69. The summed E-state index contributed by atoms with van der Waals surface area (Å²) >= 11 is 0. The largest absolute Gasteiger partial charge is 0.508 e. The monoisotopic (exact) mass is 368 g/mol. The number of phenolic OH excluding ortho intramolecular Hbond substituents is 1. The zero-order chi connectivity index (χ0) is 19.2. The van der Waals surface area contributed by atoms with Crippen molar-refractivity contribution in [1.82, 2.24) is 14.8 Å². The van der Waals surface area contributed by atoms with E-state index in [1.165, 1.54) is 4.90 Å². The maximum Gasteiger partial charge on any atom is 0.314 e. The van der Waals surface area contributed by atoms with Gasteiger partial charge in [-0.25, -0.2) is 4.79 Å². The third-order valence-corrected chi connectivity index (χ3v) is 4.83. The van der Waals surface area contributed by atoms with Gasteiger partial charge in [-0.15, -0.1) is 0 Å². The Morgan fingerprint density at radius 1 is 1.11 bits per heavy atom. The zero-order valence-corrected chi connectivity index (χ0v) is 15.1. The number of carbonyl (C=O) groups is 2. The van der Waals surface area contributed by atoms with Gasteiger partial charge in [0.15, 0.2) is 0 Å². The normalized spacial score (nSPS) is 16.7. The summed E-state index contributed by atoms with van der Waals surface area (Å²) in [7, 11) is 0. The minimum atomic E-state index is -0.480. The molecule has 7 heteroatoms. The van der Waals surface area contributed by atoms with E-state index in [4.69, 9.17) is 5.73 Å². The Hall–Kier alpha value is -3.09. The number of carbonyl (C=O) groups excluding carboxylic acids is 2. The molecule has 3 N–H and O–H groups in total. The second-order valence-corrected chi connectivity index (χ2v) is 6.84. The molecule has 0 saturated carbocycles. The van der Waals surface area contributed by atoms with Gasteiger partial charge in [0, 0.05) is 38.6 Å². The second-order valence-electron chi connectivity index (χ2n) is 6.84. The van der Waals surface area contributed by atoms with E-state index in [1.807, 2.05) is 12.1 Å². The molecule has 1 saturated heterocycles. The number of pyridine rings is 1. The molecule has 27 heavy (non-hydrogen) atoms. The SMILES string of the molecule is NC(=O)N1CCCC(C(=O)N(Cc2ccncc2)Cc2ccc(O)cc2)C1. The van der Waals surface area contributed by atoms with Gasteiger partial charge in [-0.1, -0.05) is 12.1 Å². The van der Waals surface area contributed by atoms with Crippen molar-refractivity contribution >= 4 is 11.9 Å². The van der Waals surface area contributed by atoms with Crippen molar-refractivity contribution in [2.75, 3.05) is 13.1 Å². The van der Waals surface area contributed by atoms with Crippen LogP contribution in [0.3, 0.4) is 0 Å². The highest BCUT2D eigenvalue weighted by atomic mass is 16.3. The number of rotatable bonds is 5. The van der Waals surface area contributed by atoms with Crippen LogP contribution in [0.2, 0.25) is 0 Å². The van der Waals surface area contributed by atoms with Gasteiger partial charge in [0.05, 0.1) is 5.92 Å². The molecule has 3 amide bonds. The van der Waals surface area contributed by atoms with Crippen LogP contribution in [0.25, 0.3) is 0 Å². The van der Waals surface area contributed by atoms with Crippen LogP contribution in [0, 0.1) is 5.92 Å². The molecule has 0 radical (unpaired) electrons. The summed E-state index contributed by atoms with van der Waals surface area (Å²) in [6.07, 6.45) is 4.91. The van der Waals surface area contributed by atoms with Crippen LogP contribution in [0.4, 0.5) is 4.79 Å². The van der Waals surface area contributed by atoms with E-state index in [9.17, 15) is 14.7 Å². The molecule has 1 fully saturated rings. The Morgan fingerprint density at radius 3 is 2.37 bits per heavy atom. The number of amides is 3. The maximum atomic E-state index is 13.2. The van der Waals surface area contributed by atoms with E-state index in [0.717, 1.165) is 24.0 Å². The Kier molecular flexibility index (Phi) is 5.90. The summed E-state index contributed by atoms with van der Waals surface area (Å²) < 4.78 is 0. The lowest BCUT2D eigenvalue weighted by atomic mass is 9.96. The van der Waals surface area contributed by atoms with Gasteiger partial charge < -0.3 is 20.6 Å². The maximum absolute atomic E-state index is 13.2. The lowest BCUT2D eigenvalue weighted by molar-refractivity contribution is -0.138. The topological polar surface area (TPSA) is 99.8 Å². The number of hydrogen-bond donors (Lipinski definition) is 2. The molecule has 2 heterocycles. The van der Waals surface area contributed by atoms with Crippen LogP contribution < -0.4 is 5.73 Å². The smallest absolute Gasteiger partial charge is 0.314 e. The molecule has 1 unspecified atom stereocenters. The fraction of sp³-hybridized carbons (Fsp3) is 0.350. The number of piperidine rings is 1. The number of urea groups is 1. The first-order valence-corrected chi connectivity index (χ1v) is 9.03. The summed E-state index contributed by atoms with van der Waals surface area (Å²) in [5.74, 6) is -0.0637. The van der Waals surface area contributed by atoms with Crippen LogP contribution in [0.15, 0.2) is 48.8 Å². The summed E-state index contributed by atoms with van der Waals surface area (Å²) in [4.78, 5) is 32.1. The Labute approximate surface area is 158 Å². The predicted octanol–water partition coefficient (Wildman–Crippen LogP) is 2.11. The minimum Gasteiger partial charge on any atom is -0.508 e. The first-order chi connectivity index (χ1) is 13.0. The van der Waals surface area contributed by atoms with Gasteiger partial charge in [0.1, 0.15) is 5.75 Å². The number of aromatic hydroxyl groups is 1. The third kappa shape index (κ3) is 4.97. The van der Waals surface area contributed by atoms with Crippen molar-refractivity contribution < 1.29 is 14.7 Å². The second kappa shape index (κ2) is 8.53. The van der Waals surface area contributed by atoms with Crippen LogP contribution in [-0.2, 0) is 17.9 Å². The average molecular weight is 368 g/mol. The number of phenols is 1. The van der Waals surface area contributed by atoms with Gasteiger partial charge >= 0.3 is 6.03 Å². The lowest BCUT2D eigenvalue weighted by Gasteiger charge is -2.34. The highest BCUT2D eigenvalue weighted by Gasteiger charge is 2.30. The number of primary amides is 1. The van der Waals surface area contributed by atoms with E-state index >= 15 is 0 Å². The van der Waals surface area contributed by atoms with Crippen molar-refractivity contribution in [3.8, 4) is 5.75 Å². The number of likely N-dealkylation sites (tertiary alicyclic amines) is 1. The molecule has 1 aromatic heterocycles. The minimum absolute atomic E-state index is 0.00540. The number of benzene rings is 1. The molecular formula is C20H24N4O3. The van der Waals surface area contributed by atoms with Gasteiger partial charge in [-0.2, -0.15) is 0 Å². The van der Waals surface area contributed by atoms with E-state index in [0.29, 0.717) is 26.2 Å². The first kappa shape index (κ1) is 18.7. The van der Waals surface area contributed by atoms with Crippen molar-refractivity contribution in [3.63, 3.8) is 0 Å². The van der Waals surface area contributed by atoms with Gasteiger partial charge in [-0.3, -0.25) is 9.78 Å². The van der Waals surface area contributed by atoms with Gasteiger partial charge in [0.25, 0.3) is 0 Å². The zero-order valence-electron chi connectivity index (χ0n) is 15.1. The summed E-state index contributed by atoms with van der Waals surface area (Å²) in [6.45, 7) is 1.84.